The molecule has 1 aromatic rings. The zero-order chi connectivity index (χ0) is 30.0. The van der Waals surface area contributed by atoms with Crippen molar-refractivity contribution in [1.82, 2.24) is 14.1 Å². The summed E-state index contributed by atoms with van der Waals surface area (Å²) in [6.07, 6.45) is 0.368. The Morgan fingerprint density at radius 2 is 1.28 bits per heavy atom. The first kappa shape index (κ1) is 34.8. The number of benzene rings is 1. The predicted molar refractivity (Wildman–Crippen MR) is 141 cm³/mol. The molecule has 0 unspecified atom stereocenters. The Bertz CT molecular complexity index is 1090. The van der Waals surface area contributed by atoms with Crippen LogP contribution in [-0.4, -0.2) is 94.5 Å². The second kappa shape index (κ2) is 15.0. The molecule has 0 fully saturated rings. The van der Waals surface area contributed by atoms with Crippen molar-refractivity contribution >= 4 is 22.2 Å². The fraction of sp³-hybridized carbons (Fsp3) is 0.680. The van der Waals surface area contributed by atoms with E-state index in [-0.39, 0.29) is 31.2 Å². The predicted octanol–water partition coefficient (Wildman–Crippen LogP) is 0.923. The van der Waals surface area contributed by atoms with Gasteiger partial charge in [-0.05, 0) is 20.8 Å². The van der Waals surface area contributed by atoms with Gasteiger partial charge in [-0.1, -0.05) is 0 Å². The van der Waals surface area contributed by atoms with Gasteiger partial charge in [-0.25, -0.2) is 0 Å². The van der Waals surface area contributed by atoms with Gasteiger partial charge in [0.25, 0.3) is 0 Å². The second-order valence-electron chi connectivity index (χ2n) is 11.0. The number of sulfonamides is 1. The average Bonchev–Trinajstić information content (AvgIpc) is 2.77. The van der Waals surface area contributed by atoms with Crippen molar-refractivity contribution in [3.05, 3.63) is 32.7 Å². The minimum atomic E-state index is -4.02. The van der Waals surface area contributed by atoms with Crippen LogP contribution in [0.1, 0.15) is 60.8 Å². The van der Waals surface area contributed by atoms with Gasteiger partial charge in [0.2, 0.25) is 0 Å². The maximum absolute atomic E-state index is 13.7. The van der Waals surface area contributed by atoms with Gasteiger partial charge in [0.15, 0.2) is 0 Å². The summed E-state index contributed by atoms with van der Waals surface area (Å²) < 4.78 is 39.4. The fourth-order valence-corrected chi connectivity index (χ4v) is 7.16. The zero-order valence-electron chi connectivity index (χ0n) is 24.1. The Kier molecular flexibility index (Phi) is 13.4. The third-order valence-corrected chi connectivity index (χ3v) is 9.28. The van der Waals surface area contributed by atoms with E-state index < -0.39 is 54.9 Å². The molecule has 14 heteroatoms. The van der Waals surface area contributed by atoms with Crippen LogP contribution in [0.3, 0.4) is 0 Å². The number of halogens is 1. The number of carbonyl (C=O) groups excluding carboxylic acids is 2. The Hall–Kier alpha value is -2.20. The van der Waals surface area contributed by atoms with Crippen LogP contribution < -0.4 is 21.5 Å². The third kappa shape index (κ3) is 13.1. The smallest absolute Gasteiger partial charge is 0.0253 e. The average molecular weight is 687 g/mol. The first-order chi connectivity index (χ1) is 17.8. The molecule has 1 N–H and O–H groups in total. The van der Waals surface area contributed by atoms with E-state index in [2.05, 4.69) is 0 Å². The van der Waals surface area contributed by atoms with Crippen LogP contribution in [0.5, 0.6) is 0 Å². The molecule has 0 aliphatic carbocycles. The summed E-state index contributed by atoms with van der Waals surface area (Å²) in [5.74, 6) is 0. The van der Waals surface area contributed by atoms with Gasteiger partial charge in [0.1, 0.15) is 0 Å². The van der Waals surface area contributed by atoms with Gasteiger partial charge in [0.05, 0.1) is 0 Å². The molecule has 0 saturated heterocycles. The van der Waals surface area contributed by atoms with Crippen LogP contribution in [0.2, 0.25) is 0 Å². The standard InChI is InChI=1S/C25H43IN4O8S/c1-24(2,3)37-22(31)27(7)16-11-12-18-29(19-13-17-28(8)23(32)38-25(4,5)6)39(35,36)21-15-10-9-14-20(21)26-30(33)34/h9-10,14-15H,11-13,16-19H2,1-8H3,(H,33,34). The first-order valence-corrected chi connectivity index (χ1v) is 16.1. The number of hydrogen-bond acceptors (Lipinski definition) is 7. The van der Waals surface area contributed by atoms with Crippen molar-refractivity contribution < 1.29 is 57.3 Å². The number of hydrogen-bond donors (Lipinski definition) is 1. The van der Waals surface area contributed by atoms with Crippen LogP contribution in [0.25, 0.3) is 0 Å². The van der Waals surface area contributed by atoms with Gasteiger partial charge in [-0.3, -0.25) is 0 Å². The van der Waals surface area contributed by atoms with E-state index in [4.69, 9.17) is 9.47 Å². The summed E-state index contributed by atoms with van der Waals surface area (Å²) >= 11 is -1.64. The van der Waals surface area contributed by atoms with Gasteiger partial charge >= 0.3 is 223 Å². The van der Waals surface area contributed by atoms with Crippen LogP contribution in [0.4, 0.5) is 9.59 Å². The Balaban J connectivity index is 2.98. The number of amides is 2. The van der Waals surface area contributed by atoms with Crippen LogP contribution in [0, 0.1) is 8.48 Å². The molecule has 0 bridgehead atoms. The molecule has 0 saturated carbocycles. The SMILES string of the molecule is CN(CCCCN(CCCN(C)C(=O)OC(C)(C)C)S(=O)(=O)c1ccccc1[I-][N+](=O)O)C(=O)OC(C)(C)C. The van der Waals surface area contributed by atoms with Crippen molar-refractivity contribution in [2.75, 3.05) is 40.3 Å². The molecule has 0 aliphatic rings. The van der Waals surface area contributed by atoms with Gasteiger partial charge in [0, 0.05) is 0 Å². The molecule has 0 heterocycles. The van der Waals surface area contributed by atoms with E-state index in [0.29, 0.717) is 25.8 Å². The summed E-state index contributed by atoms with van der Waals surface area (Å²) in [6.45, 7) is 11.6. The van der Waals surface area contributed by atoms with E-state index in [1.54, 1.807) is 67.8 Å². The number of nitrogens with zero attached hydrogens (tertiary/aromatic N) is 4. The number of rotatable bonds is 13. The van der Waals surface area contributed by atoms with Gasteiger partial charge in [-0.2, -0.15) is 0 Å². The molecule has 0 aliphatic heterocycles. The minimum absolute atomic E-state index is 0.0286. The topological polar surface area (TPSA) is 137 Å². The second-order valence-corrected chi connectivity index (χ2v) is 15.4. The Labute approximate surface area is 242 Å². The van der Waals surface area contributed by atoms with Crippen LogP contribution in [-0.2, 0) is 19.5 Å². The van der Waals surface area contributed by atoms with Crippen molar-refractivity contribution in [1.29, 1.82) is 0 Å². The molecular weight excluding hydrogens is 643 g/mol. The number of ether oxygens (including phenoxy) is 2. The number of carbonyl (C=O) groups is 2. The molecule has 1 aromatic carbocycles. The molecule has 0 radical (unpaired) electrons. The molecular formula is C25H43IN4O8S. The van der Waals surface area contributed by atoms with Crippen LogP contribution in [0.15, 0.2) is 29.2 Å². The summed E-state index contributed by atoms with van der Waals surface area (Å²) in [7, 11) is -0.811. The molecule has 224 valence electrons. The van der Waals surface area contributed by atoms with Crippen molar-refractivity contribution in [3.8, 4) is 0 Å². The minimum Gasteiger partial charge on any atom is -0.0253 e. The van der Waals surface area contributed by atoms with Gasteiger partial charge < -0.3 is 0 Å². The molecule has 12 nitrogen and oxygen atoms in total. The first-order valence-electron chi connectivity index (χ1n) is 12.6. The van der Waals surface area contributed by atoms with Crippen molar-refractivity contribution in [2.24, 2.45) is 0 Å². The number of unbranched alkanes of at least 4 members (excludes halogenated alkanes) is 1. The van der Waals surface area contributed by atoms with Crippen molar-refractivity contribution in [2.45, 2.75) is 76.9 Å². The summed E-state index contributed by atoms with van der Waals surface area (Å²) in [5.41, 5.74) is -1.27. The fourth-order valence-electron chi connectivity index (χ4n) is 3.28. The van der Waals surface area contributed by atoms with E-state index in [1.165, 1.54) is 26.2 Å². The summed E-state index contributed by atoms with van der Waals surface area (Å²) in [5, 5.41) is 9.24. The Morgan fingerprint density at radius 1 is 0.846 bits per heavy atom. The molecule has 1 rings (SSSR count). The summed E-state index contributed by atoms with van der Waals surface area (Å²) in [4.78, 5) is 38.6. The quantitative estimate of drug-likeness (QED) is 0.140. The normalized spacial score (nSPS) is 12.3. The van der Waals surface area contributed by atoms with E-state index in [0.717, 1.165) is 0 Å². The molecule has 2 amide bonds. The molecule has 39 heavy (non-hydrogen) atoms. The van der Waals surface area contributed by atoms with Gasteiger partial charge in [-0.15, -0.1) is 0 Å². The monoisotopic (exact) mass is 686 g/mol. The summed E-state index contributed by atoms with van der Waals surface area (Å²) in [6, 6.07) is 6.12. The van der Waals surface area contributed by atoms with Crippen LogP contribution >= 0.6 is 0 Å². The van der Waals surface area contributed by atoms with E-state index in [1.807, 2.05) is 0 Å². The van der Waals surface area contributed by atoms with Crippen molar-refractivity contribution in [3.63, 3.8) is 0 Å². The maximum atomic E-state index is 13.7. The zero-order valence-corrected chi connectivity index (χ0v) is 27.1. The third-order valence-electron chi connectivity index (χ3n) is 5.08. The Morgan fingerprint density at radius 3 is 1.77 bits per heavy atom. The molecule has 0 spiro atoms. The molecule has 0 aromatic heterocycles. The van der Waals surface area contributed by atoms with E-state index in [9.17, 15) is 28.1 Å². The van der Waals surface area contributed by atoms with E-state index >= 15 is 0 Å². The molecule has 0 atom stereocenters.